The van der Waals surface area contributed by atoms with Gasteiger partial charge in [-0.15, -0.1) is 11.8 Å². The molecule has 2 N–H and O–H groups in total. The normalized spacial score (nSPS) is 13.7. The van der Waals surface area contributed by atoms with Gasteiger partial charge in [-0.05, 0) is 72.2 Å². The average Bonchev–Trinajstić information content (AvgIpc) is 3.46. The number of imidazole rings is 1. The molecule has 1 aliphatic carbocycles. The van der Waals surface area contributed by atoms with Crippen molar-refractivity contribution in [2.75, 3.05) is 16.9 Å². The van der Waals surface area contributed by atoms with E-state index in [1.807, 2.05) is 47.6 Å². The second-order valence-electron chi connectivity index (χ2n) is 8.12. The molecule has 12 heteroatoms. The maximum absolute atomic E-state index is 14.7. The van der Waals surface area contributed by atoms with Crippen molar-refractivity contribution < 1.29 is 4.39 Å². The van der Waals surface area contributed by atoms with E-state index in [0.717, 1.165) is 46.2 Å². The van der Waals surface area contributed by atoms with E-state index in [0.29, 0.717) is 29.7 Å². The van der Waals surface area contributed by atoms with Crippen molar-refractivity contribution in [1.29, 1.82) is 0 Å². The summed E-state index contributed by atoms with van der Waals surface area (Å²) in [5, 5.41) is 11.1. The number of aromatic nitrogens is 6. The number of nitrogens with one attached hydrogen (secondary N) is 2. The Balaban J connectivity index is 1.61. The molecule has 0 radical (unpaired) electrons. The molecule has 3 aromatic heterocycles. The van der Waals surface area contributed by atoms with E-state index in [2.05, 4.69) is 42.8 Å². The summed E-state index contributed by atoms with van der Waals surface area (Å²) in [4.78, 5) is 15.0. The number of hydrogen-bond acceptors (Lipinski definition) is 7. The van der Waals surface area contributed by atoms with Gasteiger partial charge in [0.1, 0.15) is 23.0 Å². The highest BCUT2D eigenvalue weighted by atomic mass is 127. The molecule has 1 unspecified atom stereocenters. The molecule has 4 aromatic rings. The molecule has 34 heavy (non-hydrogen) atoms. The monoisotopic (exact) mass is 608 g/mol. The first-order valence-corrected chi connectivity index (χ1v) is 15.9. The maximum Gasteiger partial charge on any atom is 0.229 e. The fourth-order valence-corrected chi connectivity index (χ4v) is 5.93. The first-order valence-electron chi connectivity index (χ1n) is 10.7. The molecule has 176 valence electrons. The molecule has 3 heterocycles. The lowest BCUT2D eigenvalue weighted by atomic mass is 10.1. The first kappa shape index (κ1) is 23.5. The zero-order chi connectivity index (χ0) is 23.8. The molecular formula is C22H23FIN8PS. The average molecular weight is 608 g/mol. The molecule has 8 nitrogen and oxygen atoms in total. The highest BCUT2D eigenvalue weighted by Gasteiger charge is 2.32. The van der Waals surface area contributed by atoms with E-state index in [4.69, 9.17) is 9.97 Å². The molecule has 1 aromatic carbocycles. The van der Waals surface area contributed by atoms with Gasteiger partial charge in [0.2, 0.25) is 5.95 Å². The van der Waals surface area contributed by atoms with E-state index in [1.165, 1.54) is 17.8 Å². The topological polar surface area (TPSA) is 85.5 Å². The fraction of sp³-hybridized carbons (Fsp3) is 0.273. The third-order valence-corrected chi connectivity index (χ3v) is 8.22. The molecule has 0 saturated heterocycles. The Bertz CT molecular complexity index is 1350. The van der Waals surface area contributed by atoms with Crippen molar-refractivity contribution in [2.45, 2.75) is 30.6 Å². The molecule has 5 rings (SSSR count). The molecule has 1 fully saturated rings. The predicted molar refractivity (Wildman–Crippen MR) is 146 cm³/mol. The minimum atomic E-state index is -0.354. The molecule has 0 spiro atoms. The Morgan fingerprint density at radius 3 is 2.65 bits per heavy atom. The summed E-state index contributed by atoms with van der Waals surface area (Å²) < 4.78 is 18.6. The number of anilines is 4. The minimum absolute atomic E-state index is 0.301. The van der Waals surface area contributed by atoms with Gasteiger partial charge in [-0.3, -0.25) is 0 Å². The summed E-state index contributed by atoms with van der Waals surface area (Å²) in [5.41, 5.74) is 3.91. The number of rotatable bonds is 8. The second kappa shape index (κ2) is 9.79. The van der Waals surface area contributed by atoms with Gasteiger partial charge in [-0.25, -0.2) is 18.8 Å². The number of halogens is 2. The van der Waals surface area contributed by atoms with Gasteiger partial charge in [-0.2, -0.15) is 10.1 Å². The van der Waals surface area contributed by atoms with Crippen molar-refractivity contribution in [3.8, 4) is 11.4 Å². The number of thioether (sulfide) groups is 1. The number of aryl methyl sites for hydroxylation is 2. The predicted octanol–water partition coefficient (Wildman–Crippen LogP) is 6.40. The lowest BCUT2D eigenvalue weighted by molar-refractivity contribution is 0.628. The van der Waals surface area contributed by atoms with Gasteiger partial charge in [0.25, 0.3) is 0 Å². The van der Waals surface area contributed by atoms with Crippen molar-refractivity contribution in [2.24, 2.45) is 7.05 Å². The van der Waals surface area contributed by atoms with E-state index in [1.54, 1.807) is 12.4 Å². The molecule has 1 atom stereocenters. The smallest absolute Gasteiger partial charge is 0.229 e. The Morgan fingerprint density at radius 2 is 2.03 bits per heavy atom. The molecular weight excluding hydrogens is 585 g/mol. The van der Waals surface area contributed by atoms with Crippen LogP contribution in [0.15, 0.2) is 41.7 Å². The Kier molecular flexibility index (Phi) is 6.76. The van der Waals surface area contributed by atoms with Gasteiger partial charge in [-0.1, -0.05) is 0 Å². The van der Waals surface area contributed by atoms with Crippen LogP contribution in [0.2, 0.25) is 0 Å². The van der Waals surface area contributed by atoms with Gasteiger partial charge < -0.3 is 15.2 Å². The van der Waals surface area contributed by atoms with Crippen LogP contribution in [-0.2, 0) is 7.05 Å². The van der Waals surface area contributed by atoms with Crippen LogP contribution in [0.4, 0.5) is 27.7 Å². The van der Waals surface area contributed by atoms with Crippen molar-refractivity contribution in [1.82, 2.24) is 29.1 Å². The third-order valence-electron chi connectivity index (χ3n) is 5.52. The molecule has 0 bridgehead atoms. The van der Waals surface area contributed by atoms with Crippen molar-refractivity contribution in [3.63, 3.8) is 0 Å². The molecule has 0 amide bonds. The zero-order valence-corrected chi connectivity index (χ0v) is 22.8. The Morgan fingerprint density at radius 1 is 1.21 bits per heavy atom. The summed E-state index contributed by atoms with van der Waals surface area (Å²) in [6, 6.07) is 7.08. The van der Waals surface area contributed by atoms with Gasteiger partial charge in [0.15, 0.2) is 5.82 Å². The maximum atomic E-state index is 14.7. The Hall–Kier alpha value is -2.24. The Labute approximate surface area is 215 Å². The fourth-order valence-electron chi connectivity index (χ4n) is 3.70. The van der Waals surface area contributed by atoms with E-state index >= 15 is 0 Å². The van der Waals surface area contributed by atoms with Crippen molar-refractivity contribution in [3.05, 3.63) is 53.9 Å². The number of nitrogens with zero attached hydrogens (tertiary/aromatic N) is 6. The highest BCUT2D eigenvalue weighted by molar-refractivity contribution is 14.2. The number of benzene rings is 1. The molecule has 1 saturated carbocycles. The number of hydrogen-bond donors (Lipinski definition) is 2. The lowest BCUT2D eigenvalue weighted by Gasteiger charge is -2.16. The minimum Gasteiger partial charge on any atom is -0.340 e. The van der Waals surface area contributed by atoms with E-state index in [-0.39, 0.29) is 5.82 Å². The van der Waals surface area contributed by atoms with Crippen LogP contribution in [0.1, 0.15) is 30.0 Å². The summed E-state index contributed by atoms with van der Waals surface area (Å²) in [5.74, 6) is 1.68. The summed E-state index contributed by atoms with van der Waals surface area (Å²) in [6.07, 6.45) is 8.24. The van der Waals surface area contributed by atoms with Gasteiger partial charge in [0.05, 0.1) is 18.4 Å². The summed E-state index contributed by atoms with van der Waals surface area (Å²) in [7, 11) is 1.93. The van der Waals surface area contributed by atoms with Crippen LogP contribution < -0.4 is 10.6 Å². The van der Waals surface area contributed by atoms with Gasteiger partial charge in [0, 0.05) is 35.5 Å². The van der Waals surface area contributed by atoms with Crippen LogP contribution in [0.3, 0.4) is 0 Å². The second-order valence-corrected chi connectivity index (χ2v) is 11.0. The van der Waals surface area contributed by atoms with Gasteiger partial charge >= 0.3 is 0 Å². The molecule has 1 aliphatic rings. The SMILES string of the molecule is CSc1ccc(Nc2nc(Nc3cc(C)n(PI)n3)c(C3CC3)c(-c3cn(C)cn3)n2)c(F)c1. The largest absolute Gasteiger partial charge is 0.340 e. The van der Waals surface area contributed by atoms with Crippen LogP contribution in [-0.4, -0.2) is 35.3 Å². The van der Waals surface area contributed by atoms with Crippen molar-refractivity contribution >= 4 is 63.4 Å². The first-order chi connectivity index (χ1) is 16.4. The summed E-state index contributed by atoms with van der Waals surface area (Å²) >= 11 is 3.80. The summed E-state index contributed by atoms with van der Waals surface area (Å²) in [6.45, 7) is 2.03. The van der Waals surface area contributed by atoms with Crippen LogP contribution in [0.25, 0.3) is 11.4 Å². The van der Waals surface area contributed by atoms with Crippen LogP contribution in [0.5, 0.6) is 0 Å². The zero-order valence-electron chi connectivity index (χ0n) is 18.8. The molecule has 0 aliphatic heterocycles. The van der Waals surface area contributed by atoms with Crippen LogP contribution in [0, 0.1) is 12.7 Å². The highest BCUT2D eigenvalue weighted by Crippen LogP contribution is 2.47. The van der Waals surface area contributed by atoms with Crippen LogP contribution >= 0.6 is 40.2 Å². The van der Waals surface area contributed by atoms with E-state index < -0.39 is 0 Å². The van der Waals surface area contributed by atoms with E-state index in [9.17, 15) is 4.39 Å². The standard InChI is InChI=1S/C22H23FIN8PS/c1-12-8-18(30-32(12)33-24)27-21-19(13-4-5-13)20(17-10-31(2)11-25-17)28-22(29-21)26-16-7-6-14(34-3)9-15(16)23/h6-11,13,33H,4-5H2,1-3H3,(H2,26,27,28,29,30). The lowest BCUT2D eigenvalue weighted by Crippen LogP contribution is -2.08. The quantitative estimate of drug-likeness (QED) is 0.136. The third kappa shape index (κ3) is 4.92.